The minimum absolute atomic E-state index is 0.626. The number of aryl methyl sites for hydroxylation is 2. The Hall–Kier alpha value is -0.775. The summed E-state index contributed by atoms with van der Waals surface area (Å²) in [6.45, 7) is 10.7. The van der Waals surface area contributed by atoms with Crippen LogP contribution in [0.3, 0.4) is 0 Å². The van der Waals surface area contributed by atoms with Crippen molar-refractivity contribution in [2.24, 2.45) is 0 Å². The lowest BCUT2D eigenvalue weighted by molar-refractivity contribution is -0.0982. The topological polar surface area (TPSA) is 62.8 Å². The molecule has 0 saturated heterocycles. The van der Waals surface area contributed by atoms with E-state index in [-0.39, 0.29) is 0 Å². The first-order valence-corrected chi connectivity index (χ1v) is 6.76. The molecule has 108 valence electrons. The van der Waals surface area contributed by atoms with E-state index in [9.17, 15) is 10.1 Å². The van der Waals surface area contributed by atoms with Crippen molar-refractivity contribution in [2.45, 2.75) is 65.6 Å². The van der Waals surface area contributed by atoms with Crippen LogP contribution >= 0.6 is 0 Å². The van der Waals surface area contributed by atoms with Crippen molar-refractivity contribution >= 4 is 12.6 Å². The minimum Gasteiger partial charge on any atom is -0.467 e. The van der Waals surface area contributed by atoms with Crippen LogP contribution < -0.4 is 5.46 Å². The van der Waals surface area contributed by atoms with E-state index in [1.54, 1.807) is 34.6 Å². The van der Waals surface area contributed by atoms with Crippen LogP contribution in [-0.2, 0) is 11.1 Å². The Labute approximate surface area is 115 Å². The molecule has 1 aromatic rings. The fourth-order valence-corrected chi connectivity index (χ4v) is 1.66. The molecule has 0 aliphatic carbocycles. The third-order valence-electron chi connectivity index (χ3n) is 3.65. The second kappa shape index (κ2) is 5.69. The van der Waals surface area contributed by atoms with Gasteiger partial charge in [0.1, 0.15) is 11.5 Å². The predicted octanol–water partition coefficient (Wildman–Crippen LogP) is 1.79. The fraction of sp³-hybridized carbons (Fsp3) is 0.714. The highest BCUT2D eigenvalue weighted by Gasteiger charge is 2.40. The molecule has 0 bridgehead atoms. The summed E-state index contributed by atoms with van der Waals surface area (Å²) in [5.41, 5.74) is -1.31. The maximum absolute atomic E-state index is 10.2. The second-order valence-electron chi connectivity index (χ2n) is 6.01. The highest BCUT2D eigenvalue weighted by molar-refractivity contribution is 6.60. The summed E-state index contributed by atoms with van der Waals surface area (Å²) in [5, 5.41) is 20.2. The molecular formula is C14H25BO4. The molecule has 0 atom stereocenters. The smallest absolute Gasteiger partial charge is 0.467 e. The Morgan fingerprint density at radius 2 is 1.89 bits per heavy atom. The van der Waals surface area contributed by atoms with E-state index >= 15 is 0 Å². The van der Waals surface area contributed by atoms with Gasteiger partial charge in [-0.15, -0.1) is 0 Å². The molecule has 0 aromatic carbocycles. The lowest BCUT2D eigenvalue weighted by atomic mass is 9.76. The first kappa shape index (κ1) is 16.3. The van der Waals surface area contributed by atoms with Crippen LogP contribution in [-0.4, -0.2) is 28.5 Å². The van der Waals surface area contributed by atoms with Gasteiger partial charge in [0.25, 0.3) is 0 Å². The normalized spacial score (nSPS) is 12.8. The van der Waals surface area contributed by atoms with Crippen LogP contribution in [0.1, 0.15) is 52.6 Å². The van der Waals surface area contributed by atoms with E-state index in [0.717, 1.165) is 18.6 Å². The summed E-state index contributed by atoms with van der Waals surface area (Å²) >= 11 is 0. The standard InChI is InChI=1S/C14H25BO4/c1-7-8-11-9-12(10(2)18-11)15(17)19-14(5,6)13(3,4)16/h9,16-17H,7-8H2,1-6H3. The zero-order valence-electron chi connectivity index (χ0n) is 12.8. The number of rotatable bonds is 6. The molecule has 5 heteroatoms. The SMILES string of the molecule is CCCc1cc(B(O)OC(C)(C)C(C)(C)O)c(C)o1. The van der Waals surface area contributed by atoms with Crippen molar-refractivity contribution in [1.82, 2.24) is 0 Å². The zero-order valence-corrected chi connectivity index (χ0v) is 12.8. The average Bonchev–Trinajstić information content (AvgIpc) is 2.57. The van der Waals surface area contributed by atoms with Gasteiger partial charge in [0.2, 0.25) is 0 Å². The van der Waals surface area contributed by atoms with Gasteiger partial charge in [-0.3, -0.25) is 0 Å². The Kier molecular flexibility index (Phi) is 4.88. The van der Waals surface area contributed by atoms with E-state index in [1.807, 2.05) is 6.07 Å². The van der Waals surface area contributed by atoms with E-state index in [0.29, 0.717) is 11.2 Å². The lowest BCUT2D eigenvalue weighted by Crippen LogP contribution is -2.53. The molecule has 0 unspecified atom stereocenters. The maximum atomic E-state index is 10.2. The Balaban J connectivity index is 2.86. The van der Waals surface area contributed by atoms with Gasteiger partial charge in [0, 0.05) is 11.9 Å². The summed E-state index contributed by atoms with van der Waals surface area (Å²) in [4.78, 5) is 0. The quantitative estimate of drug-likeness (QED) is 0.772. The van der Waals surface area contributed by atoms with Gasteiger partial charge in [-0.2, -0.15) is 0 Å². The first-order valence-electron chi connectivity index (χ1n) is 6.76. The van der Waals surface area contributed by atoms with E-state index in [1.165, 1.54) is 0 Å². The fourth-order valence-electron chi connectivity index (χ4n) is 1.66. The van der Waals surface area contributed by atoms with E-state index in [4.69, 9.17) is 9.07 Å². The maximum Gasteiger partial charge on any atom is 0.495 e. The molecular weight excluding hydrogens is 243 g/mol. The molecule has 0 amide bonds. The molecule has 2 N–H and O–H groups in total. The van der Waals surface area contributed by atoms with Gasteiger partial charge in [-0.25, -0.2) is 0 Å². The van der Waals surface area contributed by atoms with Crippen LogP contribution in [0.25, 0.3) is 0 Å². The van der Waals surface area contributed by atoms with Crippen molar-refractivity contribution < 1.29 is 19.2 Å². The van der Waals surface area contributed by atoms with Crippen molar-refractivity contribution in [1.29, 1.82) is 0 Å². The van der Waals surface area contributed by atoms with Gasteiger partial charge >= 0.3 is 7.12 Å². The highest BCUT2D eigenvalue weighted by Crippen LogP contribution is 2.25. The monoisotopic (exact) mass is 268 g/mol. The van der Waals surface area contributed by atoms with Crippen LogP contribution in [0, 0.1) is 6.92 Å². The third kappa shape index (κ3) is 3.84. The first-order chi connectivity index (χ1) is 8.58. The molecule has 1 rings (SSSR count). The van der Waals surface area contributed by atoms with Crippen LogP contribution in [0.2, 0.25) is 0 Å². The molecule has 19 heavy (non-hydrogen) atoms. The van der Waals surface area contributed by atoms with E-state index in [2.05, 4.69) is 6.92 Å². The Morgan fingerprint density at radius 3 is 2.37 bits per heavy atom. The molecule has 0 aliphatic heterocycles. The summed E-state index contributed by atoms with van der Waals surface area (Å²) < 4.78 is 11.2. The molecule has 0 radical (unpaired) electrons. The predicted molar refractivity (Wildman–Crippen MR) is 76.5 cm³/mol. The number of hydrogen-bond acceptors (Lipinski definition) is 4. The molecule has 1 heterocycles. The second-order valence-corrected chi connectivity index (χ2v) is 6.01. The minimum atomic E-state index is -1.10. The lowest BCUT2D eigenvalue weighted by Gasteiger charge is -2.38. The molecule has 0 aliphatic rings. The van der Waals surface area contributed by atoms with Crippen LogP contribution in [0.5, 0.6) is 0 Å². The van der Waals surface area contributed by atoms with Crippen LogP contribution in [0.15, 0.2) is 10.5 Å². The number of hydrogen-bond donors (Lipinski definition) is 2. The molecule has 4 nitrogen and oxygen atoms in total. The van der Waals surface area contributed by atoms with Gasteiger partial charge in [-0.05, 0) is 47.1 Å². The summed E-state index contributed by atoms with van der Waals surface area (Å²) in [6.07, 6.45) is 1.82. The summed E-state index contributed by atoms with van der Waals surface area (Å²) in [7, 11) is -1.10. The van der Waals surface area contributed by atoms with Crippen molar-refractivity contribution in [3.8, 4) is 0 Å². The van der Waals surface area contributed by atoms with Crippen molar-refractivity contribution in [2.75, 3.05) is 0 Å². The zero-order chi connectivity index (χ0) is 14.8. The van der Waals surface area contributed by atoms with Gasteiger partial charge in [-0.1, -0.05) is 6.92 Å². The van der Waals surface area contributed by atoms with Gasteiger partial charge in [0.15, 0.2) is 0 Å². The Morgan fingerprint density at radius 1 is 1.32 bits per heavy atom. The van der Waals surface area contributed by atoms with Crippen LogP contribution in [0.4, 0.5) is 0 Å². The van der Waals surface area contributed by atoms with E-state index < -0.39 is 18.3 Å². The van der Waals surface area contributed by atoms with Crippen molar-refractivity contribution in [3.05, 3.63) is 17.6 Å². The summed E-state index contributed by atoms with van der Waals surface area (Å²) in [6, 6.07) is 1.82. The van der Waals surface area contributed by atoms with Crippen molar-refractivity contribution in [3.63, 3.8) is 0 Å². The molecule has 0 fully saturated rings. The molecule has 0 spiro atoms. The van der Waals surface area contributed by atoms with Gasteiger partial charge < -0.3 is 19.2 Å². The molecule has 0 saturated carbocycles. The largest absolute Gasteiger partial charge is 0.495 e. The summed E-state index contributed by atoms with van der Waals surface area (Å²) in [5.74, 6) is 1.50. The number of furan rings is 1. The molecule has 1 aromatic heterocycles. The number of aliphatic hydroxyl groups is 1. The third-order valence-corrected chi connectivity index (χ3v) is 3.65. The average molecular weight is 268 g/mol. The van der Waals surface area contributed by atoms with Gasteiger partial charge in [0.05, 0.1) is 11.2 Å². The Bertz CT molecular complexity index is 418. The highest BCUT2D eigenvalue weighted by atomic mass is 16.5.